The molecule has 50 heavy (non-hydrogen) atoms. The van der Waals surface area contributed by atoms with Crippen LogP contribution in [0.2, 0.25) is 0 Å². The Morgan fingerprint density at radius 1 is 0.700 bits per heavy atom. The van der Waals surface area contributed by atoms with Gasteiger partial charge in [0.15, 0.2) is 12.5 Å². The van der Waals surface area contributed by atoms with Gasteiger partial charge in [-0.15, -0.1) is 0 Å². The van der Waals surface area contributed by atoms with E-state index in [1.54, 1.807) is 0 Å². The number of H-pyrrole nitrogens is 1. The summed E-state index contributed by atoms with van der Waals surface area (Å²) < 4.78 is 47.8. The Kier molecular flexibility index (Phi) is 20.4. The van der Waals surface area contributed by atoms with Crippen molar-refractivity contribution in [3.05, 3.63) is 33.1 Å². The van der Waals surface area contributed by atoms with Gasteiger partial charge in [0.2, 0.25) is 0 Å². The molecule has 1 aromatic rings. The van der Waals surface area contributed by atoms with E-state index in [-0.39, 0.29) is 0 Å². The van der Waals surface area contributed by atoms with Crippen LogP contribution in [0.25, 0.3) is 0 Å². The molecule has 0 radical (unpaired) electrons. The molecule has 11 atom stereocenters. The SMILES string of the molecule is CCN(CC)CC.CCN(CC)CC.O=c1ccn([C@@H]2O[C@H](COP(=O)(O)OP(=O)(O)OC[C@H]3O[C@@H](O)[C@H](O)[C@@H](O)[C@@H]3O)[C@@H](O)[C@H]2O)c(=O)[nH]1. The van der Waals surface area contributed by atoms with Crippen LogP contribution in [-0.4, -0.2) is 161 Å². The Labute approximate surface area is 289 Å². The first-order chi connectivity index (χ1) is 23.3. The highest BCUT2D eigenvalue weighted by Crippen LogP contribution is 2.60. The summed E-state index contributed by atoms with van der Waals surface area (Å²) in [6, 6.07) is 0.934. The van der Waals surface area contributed by atoms with E-state index in [1.165, 1.54) is 39.3 Å². The quantitative estimate of drug-likeness (QED) is 0.0864. The molecule has 3 heterocycles. The number of phosphoric acid groups is 2. The van der Waals surface area contributed by atoms with E-state index in [0.29, 0.717) is 0 Å². The normalized spacial score (nSPS) is 30.5. The van der Waals surface area contributed by atoms with Gasteiger partial charge in [0, 0.05) is 12.3 Å². The largest absolute Gasteiger partial charge is 0.481 e. The minimum Gasteiger partial charge on any atom is -0.387 e. The first kappa shape index (κ1) is 46.6. The molecule has 0 spiro atoms. The zero-order valence-corrected chi connectivity index (χ0v) is 30.8. The summed E-state index contributed by atoms with van der Waals surface area (Å²) in [5, 5.41) is 58.4. The van der Waals surface area contributed by atoms with Crippen LogP contribution in [0.15, 0.2) is 21.9 Å². The van der Waals surface area contributed by atoms with Crippen LogP contribution in [0.4, 0.5) is 0 Å². The van der Waals surface area contributed by atoms with E-state index in [0.717, 1.165) is 16.8 Å². The number of nitrogens with one attached hydrogen (secondary N) is 1. The molecule has 1 aromatic heterocycles. The van der Waals surface area contributed by atoms with E-state index in [9.17, 15) is 59.1 Å². The van der Waals surface area contributed by atoms with Gasteiger partial charge in [0.25, 0.3) is 5.56 Å². The summed E-state index contributed by atoms with van der Waals surface area (Å²) in [4.78, 5) is 49.1. The number of rotatable bonds is 15. The molecule has 0 saturated carbocycles. The molecule has 0 amide bonds. The molecule has 2 saturated heterocycles. The third kappa shape index (κ3) is 14.5. The molecular formula is C27H54N4O17P2. The summed E-state index contributed by atoms with van der Waals surface area (Å²) >= 11 is 0. The molecule has 0 bridgehead atoms. The summed E-state index contributed by atoms with van der Waals surface area (Å²) in [6.07, 6.45) is -14.9. The number of hydrogen-bond acceptors (Lipinski definition) is 17. The van der Waals surface area contributed by atoms with Crippen molar-refractivity contribution in [2.24, 2.45) is 0 Å². The predicted molar refractivity (Wildman–Crippen MR) is 176 cm³/mol. The molecule has 21 nitrogen and oxygen atoms in total. The fourth-order valence-corrected chi connectivity index (χ4v) is 6.74. The van der Waals surface area contributed by atoms with Gasteiger partial charge in [-0.25, -0.2) is 13.9 Å². The van der Waals surface area contributed by atoms with Gasteiger partial charge in [0.05, 0.1) is 13.2 Å². The monoisotopic (exact) mass is 768 g/mol. The van der Waals surface area contributed by atoms with Gasteiger partial charge in [0.1, 0.15) is 42.7 Å². The van der Waals surface area contributed by atoms with Crippen LogP contribution in [-0.2, 0) is 32.0 Å². The van der Waals surface area contributed by atoms with E-state index >= 15 is 0 Å². The van der Waals surface area contributed by atoms with Crippen molar-refractivity contribution < 1.29 is 72.4 Å². The van der Waals surface area contributed by atoms with Gasteiger partial charge >= 0.3 is 21.3 Å². The third-order valence-corrected chi connectivity index (χ3v) is 10.4. The molecule has 2 unspecified atom stereocenters. The number of aromatic amines is 1. The highest BCUT2D eigenvalue weighted by atomic mass is 31.3. The molecule has 0 aliphatic carbocycles. The number of aromatic nitrogens is 2. The standard InChI is InChI=1S/C15H24N2O17P2.2C6H15N/c18-7-1-2-17(15(25)16-7)13-11(22)9(20)5(32-13)3-30-35(26,27)34-36(28,29)31-4-6-8(19)10(21)12(23)14(24)33-6;2*1-4-7(5-2)6-3/h1-2,5-6,8-14,19-24H,3-4H2,(H,26,27)(H,28,29)(H,16,18,25);2*4-6H2,1-3H3/t5-,6-,8-,9-,10+,11-,12-,13-,14-;;/m1../s1. The number of ether oxygens (including phenoxy) is 2. The summed E-state index contributed by atoms with van der Waals surface area (Å²) in [6.45, 7) is 18.2. The fraction of sp³-hybridized carbons (Fsp3) is 0.852. The van der Waals surface area contributed by atoms with Gasteiger partial charge in [-0.3, -0.25) is 23.4 Å². The van der Waals surface area contributed by atoms with Crippen LogP contribution in [0.1, 0.15) is 47.8 Å². The predicted octanol–water partition coefficient (Wildman–Crippen LogP) is -2.10. The van der Waals surface area contributed by atoms with Crippen molar-refractivity contribution >= 4 is 15.6 Å². The van der Waals surface area contributed by atoms with Crippen LogP contribution >= 0.6 is 15.6 Å². The Bertz CT molecular complexity index is 1310. The lowest BCUT2D eigenvalue weighted by atomic mass is 10.00. The van der Waals surface area contributed by atoms with E-state index in [4.69, 9.17) is 9.47 Å². The maximum absolute atomic E-state index is 12.1. The van der Waals surface area contributed by atoms with E-state index < -0.39 is 95.4 Å². The molecular weight excluding hydrogens is 714 g/mol. The number of aliphatic hydroxyl groups excluding tert-OH is 6. The molecule has 2 fully saturated rings. The Balaban J connectivity index is 0.000000748. The van der Waals surface area contributed by atoms with Gasteiger partial charge < -0.3 is 59.7 Å². The Hall–Kier alpha value is -1.46. The fourth-order valence-electron chi connectivity index (χ4n) is 4.65. The lowest BCUT2D eigenvalue weighted by Gasteiger charge is -2.38. The highest BCUT2D eigenvalue weighted by Gasteiger charge is 2.47. The van der Waals surface area contributed by atoms with Crippen molar-refractivity contribution in [2.75, 3.05) is 52.5 Å². The second kappa shape index (κ2) is 21.9. The summed E-state index contributed by atoms with van der Waals surface area (Å²) in [7, 11) is -10.8. The first-order valence-corrected chi connectivity index (χ1v) is 19.1. The number of aliphatic hydroxyl groups is 6. The van der Waals surface area contributed by atoms with Crippen molar-refractivity contribution in [3.63, 3.8) is 0 Å². The molecule has 9 N–H and O–H groups in total. The van der Waals surface area contributed by atoms with Crippen molar-refractivity contribution in [1.29, 1.82) is 0 Å². The molecule has 2 aliphatic heterocycles. The van der Waals surface area contributed by atoms with Crippen molar-refractivity contribution in [3.8, 4) is 0 Å². The molecule has 0 aromatic carbocycles. The smallest absolute Gasteiger partial charge is 0.387 e. The summed E-state index contributed by atoms with van der Waals surface area (Å²) in [5.41, 5.74) is -1.73. The Morgan fingerprint density at radius 2 is 1.12 bits per heavy atom. The van der Waals surface area contributed by atoms with Crippen LogP contribution in [0.3, 0.4) is 0 Å². The second-order valence-corrected chi connectivity index (χ2v) is 14.0. The molecule has 23 heteroatoms. The summed E-state index contributed by atoms with van der Waals surface area (Å²) in [5.74, 6) is 0. The topological polar surface area (TPSA) is 303 Å². The first-order valence-electron chi connectivity index (χ1n) is 16.1. The highest BCUT2D eigenvalue weighted by molar-refractivity contribution is 7.61. The van der Waals surface area contributed by atoms with Crippen LogP contribution < -0.4 is 11.2 Å². The second-order valence-electron chi connectivity index (χ2n) is 10.9. The Morgan fingerprint density at radius 3 is 1.52 bits per heavy atom. The molecule has 2 aliphatic rings. The minimum absolute atomic E-state index is 0.731. The maximum Gasteiger partial charge on any atom is 0.481 e. The maximum atomic E-state index is 12.1. The third-order valence-electron chi connectivity index (χ3n) is 7.84. The van der Waals surface area contributed by atoms with Crippen molar-refractivity contribution in [1.82, 2.24) is 19.4 Å². The zero-order valence-electron chi connectivity index (χ0n) is 29.0. The average molecular weight is 769 g/mol. The minimum atomic E-state index is -5.41. The van der Waals surface area contributed by atoms with Gasteiger partial charge in [-0.2, -0.15) is 4.31 Å². The molecule has 3 rings (SSSR count). The zero-order chi connectivity index (χ0) is 38.4. The lowest BCUT2D eigenvalue weighted by molar-refractivity contribution is -0.285. The van der Waals surface area contributed by atoms with E-state index in [2.05, 4.69) is 64.7 Å². The van der Waals surface area contributed by atoms with E-state index in [1.807, 2.05) is 4.98 Å². The van der Waals surface area contributed by atoms with Gasteiger partial charge in [-0.1, -0.05) is 41.5 Å². The van der Waals surface area contributed by atoms with Crippen LogP contribution in [0, 0.1) is 0 Å². The average Bonchev–Trinajstić information content (AvgIpc) is 3.34. The van der Waals surface area contributed by atoms with Crippen molar-refractivity contribution in [2.45, 2.75) is 96.8 Å². The number of hydrogen-bond donors (Lipinski definition) is 9. The number of nitrogens with zero attached hydrogens (tertiary/aromatic N) is 3. The lowest BCUT2D eigenvalue weighted by Crippen LogP contribution is -2.58. The number of phosphoric ester groups is 2. The van der Waals surface area contributed by atoms with Gasteiger partial charge in [-0.05, 0) is 39.3 Å². The van der Waals surface area contributed by atoms with Crippen LogP contribution in [0.5, 0.6) is 0 Å². The molecule has 294 valence electrons.